The van der Waals surface area contributed by atoms with E-state index in [-0.39, 0.29) is 12.3 Å². The van der Waals surface area contributed by atoms with Crippen molar-refractivity contribution in [1.29, 1.82) is 0 Å². The van der Waals surface area contributed by atoms with Gasteiger partial charge >= 0.3 is 5.97 Å². The van der Waals surface area contributed by atoms with Crippen LogP contribution in [0.5, 0.6) is 0 Å². The van der Waals surface area contributed by atoms with E-state index in [1.54, 1.807) is 18.2 Å². The minimum atomic E-state index is -0.818. The Bertz CT molecular complexity index is 631. The number of hydrogen-bond donors (Lipinski definition) is 2. The molecule has 0 unspecified atom stereocenters. The fourth-order valence-electron chi connectivity index (χ4n) is 1.59. The summed E-state index contributed by atoms with van der Waals surface area (Å²) in [6.07, 6.45) is 5.69. The Hall–Kier alpha value is -2.41. The third-order valence-corrected chi connectivity index (χ3v) is 3.35. The molecule has 21 heavy (non-hydrogen) atoms. The first-order chi connectivity index (χ1) is 10.1. The molecule has 6 nitrogen and oxygen atoms in total. The molecule has 0 aliphatic rings. The molecule has 110 valence electrons. The average molecular weight is 306 g/mol. The summed E-state index contributed by atoms with van der Waals surface area (Å²) >= 11 is 1.31. The molecule has 0 aromatic carbocycles. The third kappa shape index (κ3) is 5.23. The van der Waals surface area contributed by atoms with Gasteiger partial charge in [0.2, 0.25) is 5.91 Å². The number of carbonyl (C=O) groups excluding carboxylic acids is 1. The number of nitrogens with zero attached hydrogens (tertiary/aromatic N) is 1. The highest BCUT2D eigenvalue weighted by atomic mass is 32.1. The number of amides is 1. The summed E-state index contributed by atoms with van der Waals surface area (Å²) in [6, 6.07) is 3.48. The Kier molecular flexibility index (Phi) is 5.28. The van der Waals surface area contributed by atoms with E-state index in [4.69, 9.17) is 9.52 Å². The van der Waals surface area contributed by atoms with Crippen molar-refractivity contribution >= 4 is 34.4 Å². The van der Waals surface area contributed by atoms with E-state index in [0.717, 1.165) is 5.69 Å². The van der Waals surface area contributed by atoms with Crippen LogP contribution in [-0.4, -0.2) is 22.0 Å². The molecule has 0 radical (unpaired) electrons. The predicted octanol–water partition coefficient (Wildman–Crippen LogP) is 2.80. The third-order valence-electron chi connectivity index (χ3n) is 2.55. The number of rotatable bonds is 7. The normalized spacial score (nSPS) is 10.9. The molecule has 2 aromatic rings. The maximum absolute atomic E-state index is 11.7. The van der Waals surface area contributed by atoms with E-state index in [2.05, 4.69) is 10.3 Å². The number of aromatic nitrogens is 1. The van der Waals surface area contributed by atoms with Crippen molar-refractivity contribution in [2.24, 2.45) is 0 Å². The van der Waals surface area contributed by atoms with Crippen molar-refractivity contribution in [3.8, 4) is 0 Å². The molecule has 1 amide bonds. The average Bonchev–Trinajstić information content (AvgIpc) is 3.08. The lowest BCUT2D eigenvalue weighted by molar-refractivity contribution is -0.137. The Morgan fingerprint density at radius 2 is 2.33 bits per heavy atom. The van der Waals surface area contributed by atoms with Crippen molar-refractivity contribution in [3.05, 3.63) is 41.3 Å². The van der Waals surface area contributed by atoms with Crippen LogP contribution in [0.1, 0.15) is 24.3 Å². The first kappa shape index (κ1) is 15.0. The molecular weight excluding hydrogens is 292 g/mol. The molecule has 0 atom stereocenters. The van der Waals surface area contributed by atoms with Gasteiger partial charge in [0.1, 0.15) is 5.76 Å². The lowest BCUT2D eigenvalue weighted by atomic mass is 10.2. The summed E-state index contributed by atoms with van der Waals surface area (Å²) in [5.74, 6) is -0.515. The van der Waals surface area contributed by atoms with Crippen molar-refractivity contribution in [3.63, 3.8) is 0 Å². The number of aliphatic carboxylic acids is 1. The van der Waals surface area contributed by atoms with Gasteiger partial charge in [-0.1, -0.05) is 0 Å². The first-order valence-electron chi connectivity index (χ1n) is 6.32. The maximum atomic E-state index is 11.7. The molecule has 0 saturated carbocycles. The van der Waals surface area contributed by atoms with Gasteiger partial charge in [-0.2, -0.15) is 0 Å². The number of hydrogen-bond acceptors (Lipinski definition) is 5. The number of anilines is 1. The topological polar surface area (TPSA) is 92.4 Å². The van der Waals surface area contributed by atoms with Gasteiger partial charge in [0, 0.05) is 17.9 Å². The van der Waals surface area contributed by atoms with Crippen molar-refractivity contribution in [2.45, 2.75) is 19.3 Å². The summed E-state index contributed by atoms with van der Waals surface area (Å²) in [6.45, 7) is 0. The number of furan rings is 1. The summed E-state index contributed by atoms with van der Waals surface area (Å²) in [4.78, 5) is 26.3. The highest BCUT2D eigenvalue weighted by Crippen LogP contribution is 2.17. The summed E-state index contributed by atoms with van der Waals surface area (Å²) in [5.41, 5.74) is 0.784. The second-order valence-electron chi connectivity index (χ2n) is 4.23. The van der Waals surface area contributed by atoms with Crippen molar-refractivity contribution < 1.29 is 19.1 Å². The smallest absolute Gasteiger partial charge is 0.303 e. The van der Waals surface area contributed by atoms with E-state index < -0.39 is 5.97 Å². The van der Waals surface area contributed by atoms with Crippen LogP contribution < -0.4 is 5.32 Å². The zero-order valence-corrected chi connectivity index (χ0v) is 11.9. The van der Waals surface area contributed by atoms with Gasteiger partial charge < -0.3 is 9.52 Å². The van der Waals surface area contributed by atoms with Crippen LogP contribution in [0.25, 0.3) is 6.08 Å². The van der Waals surface area contributed by atoms with Crippen LogP contribution in [0.4, 0.5) is 5.13 Å². The van der Waals surface area contributed by atoms with Gasteiger partial charge in [0.05, 0.1) is 12.0 Å². The number of carboxylic acids is 1. The monoisotopic (exact) mass is 306 g/mol. The lowest BCUT2D eigenvalue weighted by Crippen LogP contribution is -2.07. The summed E-state index contributed by atoms with van der Waals surface area (Å²) in [7, 11) is 0. The van der Waals surface area contributed by atoms with Gasteiger partial charge in [-0.25, -0.2) is 4.98 Å². The molecule has 0 bridgehead atoms. The second kappa shape index (κ2) is 7.39. The number of carbonyl (C=O) groups is 2. The van der Waals surface area contributed by atoms with Crippen LogP contribution in [-0.2, 0) is 16.0 Å². The Morgan fingerprint density at radius 1 is 1.48 bits per heavy atom. The highest BCUT2D eigenvalue weighted by Gasteiger charge is 2.05. The van der Waals surface area contributed by atoms with E-state index in [1.165, 1.54) is 23.7 Å². The zero-order valence-electron chi connectivity index (χ0n) is 11.1. The highest BCUT2D eigenvalue weighted by molar-refractivity contribution is 7.13. The van der Waals surface area contributed by atoms with Crippen LogP contribution >= 0.6 is 11.3 Å². The molecule has 2 rings (SSSR count). The minimum Gasteiger partial charge on any atom is -0.481 e. The fraction of sp³-hybridized carbons (Fsp3) is 0.214. The molecule has 0 saturated heterocycles. The Labute approximate surface area is 125 Å². The maximum Gasteiger partial charge on any atom is 0.303 e. The SMILES string of the molecule is O=C(O)CCCc1csc(NC(=O)/C=C/c2ccco2)n1. The molecule has 2 N–H and O–H groups in total. The standard InChI is InChI=1S/C14H14N2O4S/c17-12(7-6-11-4-2-8-20-11)16-14-15-10(9-21-14)3-1-5-13(18)19/h2,4,6-9H,1,3,5H2,(H,18,19)(H,15,16,17)/b7-6+. The number of aryl methyl sites for hydroxylation is 1. The molecule has 0 spiro atoms. The number of carboxylic acid groups (broad SMARTS) is 1. The van der Waals surface area contributed by atoms with Gasteiger partial charge in [0.25, 0.3) is 0 Å². The number of nitrogens with one attached hydrogen (secondary N) is 1. The van der Waals surface area contributed by atoms with Crippen molar-refractivity contribution in [1.82, 2.24) is 4.98 Å². The van der Waals surface area contributed by atoms with Gasteiger partial charge in [-0.15, -0.1) is 11.3 Å². The number of thiazole rings is 1. The quantitative estimate of drug-likeness (QED) is 0.767. The van der Waals surface area contributed by atoms with E-state index in [9.17, 15) is 9.59 Å². The fourth-order valence-corrected chi connectivity index (χ4v) is 2.34. The van der Waals surface area contributed by atoms with Gasteiger partial charge in [-0.05, 0) is 31.1 Å². The molecule has 0 fully saturated rings. The largest absolute Gasteiger partial charge is 0.481 e. The van der Waals surface area contributed by atoms with Gasteiger partial charge in [-0.3, -0.25) is 14.9 Å². The van der Waals surface area contributed by atoms with E-state index >= 15 is 0 Å². The van der Waals surface area contributed by atoms with Crippen LogP contribution in [0.2, 0.25) is 0 Å². The minimum absolute atomic E-state index is 0.116. The van der Waals surface area contributed by atoms with Crippen LogP contribution in [0, 0.1) is 0 Å². The van der Waals surface area contributed by atoms with E-state index in [0.29, 0.717) is 23.7 Å². The molecule has 7 heteroatoms. The second-order valence-corrected chi connectivity index (χ2v) is 5.09. The molecule has 2 aromatic heterocycles. The first-order valence-corrected chi connectivity index (χ1v) is 7.20. The summed E-state index contributed by atoms with van der Waals surface area (Å²) < 4.78 is 5.07. The molecule has 2 heterocycles. The van der Waals surface area contributed by atoms with Crippen molar-refractivity contribution in [2.75, 3.05) is 5.32 Å². The molecular formula is C14H14N2O4S. The summed E-state index contributed by atoms with van der Waals surface area (Å²) in [5, 5.41) is 13.5. The molecule has 0 aliphatic carbocycles. The van der Waals surface area contributed by atoms with Gasteiger partial charge in [0.15, 0.2) is 5.13 Å². The zero-order chi connectivity index (χ0) is 15.1. The molecule has 0 aliphatic heterocycles. The van der Waals surface area contributed by atoms with E-state index in [1.807, 2.05) is 5.38 Å². The van der Waals surface area contributed by atoms with Crippen LogP contribution in [0.15, 0.2) is 34.3 Å². The van der Waals surface area contributed by atoms with Crippen LogP contribution in [0.3, 0.4) is 0 Å². The Balaban J connectivity index is 1.81. The lowest BCUT2D eigenvalue weighted by Gasteiger charge is -1.96. The predicted molar refractivity (Wildman–Crippen MR) is 79.1 cm³/mol. The Morgan fingerprint density at radius 3 is 3.05 bits per heavy atom.